The van der Waals surface area contributed by atoms with Crippen LogP contribution in [-0.4, -0.2) is 54.2 Å². The maximum atomic E-state index is 12.2. The fourth-order valence-electron chi connectivity index (χ4n) is 1.93. The fraction of sp³-hybridized carbons (Fsp3) is 0.500. The zero-order valence-corrected chi connectivity index (χ0v) is 11.9. The SMILES string of the molecule is CC(C(=O)c1ccc(Cl)s1)N1CCN(C)C(=O)C1. The molecular formula is C12H15ClN2O2S. The number of carbonyl (C=O) groups is 2. The molecule has 6 heteroatoms. The molecule has 1 fully saturated rings. The van der Waals surface area contributed by atoms with Crippen molar-refractivity contribution in [3.8, 4) is 0 Å². The van der Waals surface area contributed by atoms with Crippen molar-refractivity contribution >= 4 is 34.6 Å². The van der Waals surface area contributed by atoms with Crippen LogP contribution in [0.5, 0.6) is 0 Å². The first kappa shape index (κ1) is 13.5. The van der Waals surface area contributed by atoms with Gasteiger partial charge in [0.15, 0.2) is 5.78 Å². The third-order valence-electron chi connectivity index (χ3n) is 3.23. The average Bonchev–Trinajstić information content (AvgIpc) is 2.77. The van der Waals surface area contributed by atoms with Crippen molar-refractivity contribution < 1.29 is 9.59 Å². The molecule has 0 saturated carbocycles. The number of thiophene rings is 1. The monoisotopic (exact) mass is 286 g/mol. The molecule has 1 atom stereocenters. The smallest absolute Gasteiger partial charge is 0.236 e. The molecule has 1 aromatic heterocycles. The summed E-state index contributed by atoms with van der Waals surface area (Å²) in [5.41, 5.74) is 0. The van der Waals surface area contributed by atoms with Crippen LogP contribution < -0.4 is 0 Å². The van der Waals surface area contributed by atoms with E-state index in [2.05, 4.69) is 0 Å². The van der Waals surface area contributed by atoms with Crippen LogP contribution in [0, 0.1) is 0 Å². The first-order valence-electron chi connectivity index (χ1n) is 5.76. The third-order valence-corrected chi connectivity index (χ3v) is 4.48. The van der Waals surface area contributed by atoms with E-state index in [0.29, 0.717) is 22.3 Å². The van der Waals surface area contributed by atoms with Gasteiger partial charge in [0.25, 0.3) is 0 Å². The Morgan fingerprint density at radius 3 is 2.72 bits per heavy atom. The molecule has 2 heterocycles. The number of carbonyl (C=O) groups excluding carboxylic acids is 2. The van der Waals surface area contributed by atoms with E-state index in [1.165, 1.54) is 11.3 Å². The van der Waals surface area contributed by atoms with E-state index in [1.54, 1.807) is 24.1 Å². The van der Waals surface area contributed by atoms with E-state index in [-0.39, 0.29) is 17.7 Å². The number of nitrogens with zero attached hydrogens (tertiary/aromatic N) is 2. The van der Waals surface area contributed by atoms with Crippen molar-refractivity contribution in [2.75, 3.05) is 26.7 Å². The van der Waals surface area contributed by atoms with Gasteiger partial charge in [0.05, 0.1) is 21.8 Å². The number of hydrogen-bond donors (Lipinski definition) is 0. The zero-order valence-electron chi connectivity index (χ0n) is 10.4. The number of likely N-dealkylation sites (N-methyl/N-ethyl adjacent to an activating group) is 1. The molecular weight excluding hydrogens is 272 g/mol. The lowest BCUT2D eigenvalue weighted by Crippen LogP contribution is -2.53. The largest absolute Gasteiger partial charge is 0.343 e. The lowest BCUT2D eigenvalue weighted by Gasteiger charge is -2.35. The van der Waals surface area contributed by atoms with Crippen LogP contribution in [-0.2, 0) is 4.79 Å². The molecule has 4 nitrogen and oxygen atoms in total. The Morgan fingerprint density at radius 2 is 2.17 bits per heavy atom. The van der Waals surface area contributed by atoms with E-state index in [4.69, 9.17) is 11.6 Å². The van der Waals surface area contributed by atoms with Gasteiger partial charge >= 0.3 is 0 Å². The second kappa shape index (κ2) is 5.38. The molecule has 0 radical (unpaired) electrons. The fourth-order valence-corrected chi connectivity index (χ4v) is 2.99. The summed E-state index contributed by atoms with van der Waals surface area (Å²) in [6, 6.07) is 3.18. The Balaban J connectivity index is 2.05. The zero-order chi connectivity index (χ0) is 13.3. The maximum Gasteiger partial charge on any atom is 0.236 e. The predicted octanol–water partition coefficient (Wildman–Crippen LogP) is 1.75. The molecule has 0 aromatic carbocycles. The summed E-state index contributed by atoms with van der Waals surface area (Å²) in [6.07, 6.45) is 0. The highest BCUT2D eigenvalue weighted by Crippen LogP contribution is 2.23. The minimum absolute atomic E-state index is 0.0317. The highest BCUT2D eigenvalue weighted by atomic mass is 35.5. The van der Waals surface area contributed by atoms with Crippen LogP contribution in [0.15, 0.2) is 12.1 Å². The van der Waals surface area contributed by atoms with Crippen LogP contribution in [0.1, 0.15) is 16.6 Å². The van der Waals surface area contributed by atoms with Crippen LogP contribution in [0.25, 0.3) is 0 Å². The van der Waals surface area contributed by atoms with Gasteiger partial charge in [0, 0.05) is 20.1 Å². The van der Waals surface area contributed by atoms with Gasteiger partial charge in [-0.2, -0.15) is 0 Å². The number of amides is 1. The minimum atomic E-state index is -0.280. The van der Waals surface area contributed by atoms with E-state index < -0.39 is 0 Å². The summed E-state index contributed by atoms with van der Waals surface area (Å²) >= 11 is 7.11. The van der Waals surface area contributed by atoms with E-state index in [0.717, 1.165) is 6.54 Å². The Hall–Kier alpha value is -0.910. The number of halogens is 1. The summed E-state index contributed by atoms with van der Waals surface area (Å²) in [6.45, 7) is 3.55. The van der Waals surface area contributed by atoms with Crippen LogP contribution in [0.2, 0.25) is 4.34 Å². The first-order chi connectivity index (χ1) is 8.49. The number of hydrogen-bond acceptors (Lipinski definition) is 4. The first-order valence-corrected chi connectivity index (χ1v) is 6.96. The summed E-state index contributed by atoms with van der Waals surface area (Å²) in [4.78, 5) is 28.1. The quantitative estimate of drug-likeness (QED) is 0.795. The van der Waals surface area contributed by atoms with Gasteiger partial charge in [0.1, 0.15) is 0 Å². The average molecular weight is 287 g/mol. The number of Topliss-reactive ketones (excluding diaryl/α,β-unsaturated/α-hetero) is 1. The molecule has 1 amide bonds. The van der Waals surface area contributed by atoms with E-state index >= 15 is 0 Å². The van der Waals surface area contributed by atoms with Gasteiger partial charge in [-0.05, 0) is 19.1 Å². The maximum absolute atomic E-state index is 12.2. The highest BCUT2D eigenvalue weighted by Gasteiger charge is 2.29. The highest BCUT2D eigenvalue weighted by molar-refractivity contribution is 7.18. The molecule has 0 N–H and O–H groups in total. The molecule has 18 heavy (non-hydrogen) atoms. The van der Waals surface area contributed by atoms with Crippen LogP contribution in [0.3, 0.4) is 0 Å². The molecule has 0 spiro atoms. The van der Waals surface area contributed by atoms with Crippen molar-refractivity contribution in [1.29, 1.82) is 0 Å². The van der Waals surface area contributed by atoms with E-state index in [1.807, 2.05) is 11.8 Å². The van der Waals surface area contributed by atoms with Crippen molar-refractivity contribution in [3.05, 3.63) is 21.3 Å². The number of rotatable bonds is 3. The molecule has 98 valence electrons. The van der Waals surface area contributed by atoms with E-state index in [9.17, 15) is 9.59 Å². The van der Waals surface area contributed by atoms with Crippen molar-refractivity contribution in [2.24, 2.45) is 0 Å². The van der Waals surface area contributed by atoms with Gasteiger partial charge in [0.2, 0.25) is 5.91 Å². The molecule has 0 bridgehead atoms. The van der Waals surface area contributed by atoms with Gasteiger partial charge < -0.3 is 4.90 Å². The summed E-state index contributed by atoms with van der Waals surface area (Å²) < 4.78 is 0.611. The lowest BCUT2D eigenvalue weighted by molar-refractivity contribution is -0.134. The molecule has 0 aliphatic carbocycles. The lowest BCUT2D eigenvalue weighted by atomic mass is 10.1. The van der Waals surface area contributed by atoms with Gasteiger partial charge in [-0.15, -0.1) is 11.3 Å². The standard InChI is InChI=1S/C12H15ClN2O2S/c1-8(12(17)9-3-4-10(13)18-9)15-6-5-14(2)11(16)7-15/h3-4,8H,5-7H2,1-2H3. The van der Waals surface area contributed by atoms with Gasteiger partial charge in [-0.25, -0.2) is 0 Å². The van der Waals surface area contributed by atoms with Crippen molar-refractivity contribution in [1.82, 2.24) is 9.80 Å². The Bertz CT molecular complexity index is 474. The minimum Gasteiger partial charge on any atom is -0.343 e. The Labute approximate surface area is 115 Å². The van der Waals surface area contributed by atoms with Crippen molar-refractivity contribution in [3.63, 3.8) is 0 Å². The van der Waals surface area contributed by atoms with Crippen molar-refractivity contribution in [2.45, 2.75) is 13.0 Å². The van der Waals surface area contributed by atoms with Crippen LogP contribution >= 0.6 is 22.9 Å². The molecule has 1 saturated heterocycles. The Morgan fingerprint density at radius 1 is 1.44 bits per heavy atom. The number of ketones is 1. The van der Waals surface area contributed by atoms with Gasteiger partial charge in [-0.3, -0.25) is 14.5 Å². The molecule has 1 aromatic rings. The van der Waals surface area contributed by atoms with Crippen LogP contribution in [0.4, 0.5) is 0 Å². The third kappa shape index (κ3) is 2.74. The van der Waals surface area contributed by atoms with Gasteiger partial charge in [-0.1, -0.05) is 11.6 Å². The molecule has 2 rings (SSSR count). The second-order valence-electron chi connectivity index (χ2n) is 4.43. The summed E-state index contributed by atoms with van der Waals surface area (Å²) in [5, 5.41) is 0. The predicted molar refractivity (Wildman–Crippen MR) is 72.3 cm³/mol. The number of piperazine rings is 1. The summed E-state index contributed by atoms with van der Waals surface area (Å²) in [7, 11) is 1.78. The summed E-state index contributed by atoms with van der Waals surface area (Å²) in [5.74, 6) is 0.0920. The normalized spacial score (nSPS) is 19.1. The topological polar surface area (TPSA) is 40.6 Å². The second-order valence-corrected chi connectivity index (χ2v) is 6.14. The molecule has 1 aliphatic rings. The molecule has 1 aliphatic heterocycles. The Kier molecular flexibility index (Phi) is 4.04. The molecule has 1 unspecified atom stereocenters.